The van der Waals surface area contributed by atoms with E-state index in [2.05, 4.69) is 103 Å². The number of fused-ring (bicyclic) bond motifs is 6. The summed E-state index contributed by atoms with van der Waals surface area (Å²) in [6.45, 7) is 12.6. The van der Waals surface area contributed by atoms with Gasteiger partial charge in [0.25, 0.3) is 0 Å². The lowest BCUT2D eigenvalue weighted by Gasteiger charge is -2.35. The number of nitrogens with one attached hydrogen (secondary N) is 3. The molecule has 3 atom stereocenters. The smallest absolute Gasteiger partial charge is 0.0782 e. The predicted molar refractivity (Wildman–Crippen MR) is 268 cm³/mol. The molecule has 6 heterocycles. The maximum atomic E-state index is 6.24. The second-order valence-electron chi connectivity index (χ2n) is 18.2. The molecule has 0 saturated carbocycles. The monoisotopic (exact) mass is 939 g/mol. The van der Waals surface area contributed by atoms with Crippen LogP contribution in [0.25, 0.3) is 0 Å². The molecule has 3 fully saturated rings. The minimum Gasteiger partial charge on any atom is -0.314 e. The van der Waals surface area contributed by atoms with Crippen LogP contribution in [0.1, 0.15) is 85.3 Å². The number of pyridine rings is 3. The highest BCUT2D eigenvalue weighted by atomic mass is 35.5. The summed E-state index contributed by atoms with van der Waals surface area (Å²) in [5, 5.41) is 12.8. The fourth-order valence-electron chi connectivity index (χ4n) is 11.1. The zero-order valence-electron chi connectivity index (χ0n) is 37.7. The third-order valence-corrected chi connectivity index (χ3v) is 15.0. The van der Waals surface area contributed by atoms with Crippen LogP contribution < -0.4 is 16.0 Å². The third kappa shape index (κ3) is 10.1. The van der Waals surface area contributed by atoms with Gasteiger partial charge in [-0.2, -0.15) is 0 Å². The summed E-state index contributed by atoms with van der Waals surface area (Å²) in [5.74, 6) is 0. The summed E-state index contributed by atoms with van der Waals surface area (Å²) in [4.78, 5) is 22.0. The Balaban J connectivity index is 0.000000116. The number of halogens is 3. The first kappa shape index (κ1) is 45.5. The first-order valence-corrected chi connectivity index (χ1v) is 25.1. The zero-order valence-corrected chi connectivity index (χ0v) is 39.9. The molecule has 6 aliphatic rings. The predicted octanol–water partition coefficient (Wildman–Crippen LogP) is 8.48. The van der Waals surface area contributed by atoms with Gasteiger partial charge in [-0.1, -0.05) is 71.2 Å². The van der Waals surface area contributed by atoms with E-state index in [-0.39, 0.29) is 18.1 Å². The van der Waals surface area contributed by atoms with E-state index in [1.165, 1.54) is 67.2 Å². The van der Waals surface area contributed by atoms with Crippen molar-refractivity contribution in [3.63, 3.8) is 0 Å². The Labute approximate surface area is 405 Å². The van der Waals surface area contributed by atoms with Crippen molar-refractivity contribution in [1.82, 2.24) is 45.6 Å². The number of benzene rings is 3. The molecule has 3 aromatic carbocycles. The molecule has 342 valence electrons. The largest absolute Gasteiger partial charge is 0.314 e. The number of aryl methyl sites for hydroxylation is 6. The molecule has 3 aromatic heterocycles. The van der Waals surface area contributed by atoms with Crippen LogP contribution in [0, 0.1) is 0 Å². The Morgan fingerprint density at radius 3 is 0.924 bits per heavy atom. The van der Waals surface area contributed by atoms with E-state index in [4.69, 9.17) is 49.8 Å². The second-order valence-corrected chi connectivity index (χ2v) is 19.5. The van der Waals surface area contributed by atoms with Crippen molar-refractivity contribution in [2.24, 2.45) is 0 Å². The number of nitrogens with zero attached hydrogens (tertiary/aromatic N) is 6. The van der Waals surface area contributed by atoms with Gasteiger partial charge in [-0.05, 0) is 143 Å². The zero-order chi connectivity index (χ0) is 44.8. The molecule has 9 nitrogen and oxygen atoms in total. The minimum atomic E-state index is 0.257. The number of rotatable bonds is 3. The van der Waals surface area contributed by atoms with Gasteiger partial charge in [-0.25, -0.2) is 0 Å². The molecule has 3 aliphatic carbocycles. The Morgan fingerprint density at radius 2 is 0.636 bits per heavy atom. The summed E-state index contributed by atoms with van der Waals surface area (Å²) in [6, 6.07) is 32.7. The van der Waals surface area contributed by atoms with Crippen LogP contribution >= 0.6 is 34.8 Å². The summed E-state index contributed by atoms with van der Waals surface area (Å²) in [7, 11) is 0. The normalized spacial score (nSPS) is 21.8. The molecule has 66 heavy (non-hydrogen) atoms. The highest BCUT2D eigenvalue weighted by Crippen LogP contribution is 2.40. The van der Waals surface area contributed by atoms with Gasteiger partial charge in [0, 0.05) is 112 Å². The van der Waals surface area contributed by atoms with Gasteiger partial charge in [0.1, 0.15) is 0 Å². The molecule has 3 aliphatic heterocycles. The molecule has 0 spiro atoms. The minimum absolute atomic E-state index is 0.257. The average Bonchev–Trinajstić information content (AvgIpc) is 3.72. The Bertz CT molecular complexity index is 2320. The summed E-state index contributed by atoms with van der Waals surface area (Å²) >= 11 is 18.7. The van der Waals surface area contributed by atoms with Crippen LogP contribution in [0.15, 0.2) is 110 Å². The van der Waals surface area contributed by atoms with Crippen molar-refractivity contribution in [1.29, 1.82) is 0 Å². The lowest BCUT2D eigenvalue weighted by Crippen LogP contribution is -2.45. The van der Waals surface area contributed by atoms with Crippen molar-refractivity contribution in [3.8, 4) is 0 Å². The SMILES string of the molecule is Clc1ccc2c(c1)CCc1cccnc1C2N1CCNCC1.Clc1ccc2c(c1)CCc1cccnc1[C@@H]2N1CCNCC1.Clc1ccc2c(c1)CCc1cccnc1[C@H]2N1CCNCC1. The van der Waals surface area contributed by atoms with Gasteiger partial charge in [0.05, 0.1) is 35.2 Å². The molecule has 12 heteroatoms. The quantitative estimate of drug-likeness (QED) is 0.162. The number of hydrogen-bond donors (Lipinski definition) is 3. The van der Waals surface area contributed by atoms with Gasteiger partial charge >= 0.3 is 0 Å². The van der Waals surface area contributed by atoms with Crippen molar-refractivity contribution < 1.29 is 0 Å². The number of hydrogen-bond acceptors (Lipinski definition) is 9. The van der Waals surface area contributed by atoms with Gasteiger partial charge in [0.15, 0.2) is 0 Å². The first-order chi connectivity index (χ1) is 32.5. The molecular formula is C54H60Cl3N9. The van der Waals surface area contributed by atoms with E-state index < -0.39 is 0 Å². The maximum absolute atomic E-state index is 6.24. The topological polar surface area (TPSA) is 84.5 Å². The van der Waals surface area contributed by atoms with E-state index >= 15 is 0 Å². The summed E-state index contributed by atoms with van der Waals surface area (Å²) in [6.07, 6.45) is 12.0. The first-order valence-electron chi connectivity index (χ1n) is 24.0. The number of aromatic nitrogens is 3. The lowest BCUT2D eigenvalue weighted by atomic mass is 9.96. The van der Waals surface area contributed by atoms with Crippen molar-refractivity contribution in [2.75, 3.05) is 78.5 Å². The van der Waals surface area contributed by atoms with Crippen LogP contribution in [0.2, 0.25) is 15.1 Å². The van der Waals surface area contributed by atoms with Crippen LogP contribution in [0.5, 0.6) is 0 Å². The Kier molecular flexibility index (Phi) is 14.7. The molecule has 6 aromatic rings. The average molecular weight is 941 g/mol. The highest BCUT2D eigenvalue weighted by Gasteiger charge is 2.33. The molecular weight excluding hydrogens is 881 g/mol. The van der Waals surface area contributed by atoms with Gasteiger partial charge in [0.2, 0.25) is 0 Å². The standard InChI is InChI=1S/3C18H20ClN3/c3*19-15-5-6-16-14(12-15)4-3-13-2-1-7-21-17(13)18(16)22-10-8-20-9-11-22/h3*1-2,5-7,12,18,20H,3-4,8-11H2/t2*18-;/m10./s1. The van der Waals surface area contributed by atoms with Crippen LogP contribution in [-0.4, -0.2) is 108 Å². The Hall–Kier alpha value is -4.26. The van der Waals surface area contributed by atoms with Crippen LogP contribution in [0.4, 0.5) is 0 Å². The van der Waals surface area contributed by atoms with Gasteiger partial charge < -0.3 is 16.0 Å². The molecule has 0 bridgehead atoms. The van der Waals surface area contributed by atoms with Gasteiger partial charge in [-0.15, -0.1) is 0 Å². The molecule has 0 radical (unpaired) electrons. The molecule has 3 saturated heterocycles. The molecule has 3 N–H and O–H groups in total. The maximum Gasteiger partial charge on any atom is 0.0782 e. The van der Waals surface area contributed by atoms with E-state index in [9.17, 15) is 0 Å². The van der Waals surface area contributed by atoms with E-state index in [1.807, 2.05) is 36.8 Å². The highest BCUT2D eigenvalue weighted by molar-refractivity contribution is 6.31. The molecule has 1 unspecified atom stereocenters. The van der Waals surface area contributed by atoms with Crippen molar-refractivity contribution in [3.05, 3.63) is 192 Å². The van der Waals surface area contributed by atoms with Crippen molar-refractivity contribution in [2.45, 2.75) is 56.7 Å². The fraction of sp³-hybridized carbons (Fsp3) is 0.389. The van der Waals surface area contributed by atoms with E-state index in [0.717, 1.165) is 132 Å². The molecule has 12 rings (SSSR count). The van der Waals surface area contributed by atoms with Crippen molar-refractivity contribution >= 4 is 34.8 Å². The third-order valence-electron chi connectivity index (χ3n) is 14.3. The second kappa shape index (κ2) is 21.4. The summed E-state index contributed by atoms with van der Waals surface area (Å²) < 4.78 is 0. The van der Waals surface area contributed by atoms with Crippen LogP contribution in [-0.2, 0) is 38.5 Å². The lowest BCUT2D eigenvalue weighted by molar-refractivity contribution is 0.195. The fourth-order valence-corrected chi connectivity index (χ4v) is 11.7. The van der Waals surface area contributed by atoms with E-state index in [1.54, 1.807) is 0 Å². The number of piperazine rings is 3. The summed E-state index contributed by atoms with van der Waals surface area (Å²) in [5.41, 5.74) is 16.0. The Morgan fingerprint density at radius 1 is 0.364 bits per heavy atom. The van der Waals surface area contributed by atoms with Gasteiger partial charge in [-0.3, -0.25) is 29.7 Å². The van der Waals surface area contributed by atoms with E-state index in [0.29, 0.717) is 0 Å². The van der Waals surface area contributed by atoms with Crippen LogP contribution in [0.3, 0.4) is 0 Å². The molecule has 0 amide bonds.